The van der Waals surface area contributed by atoms with E-state index in [9.17, 15) is 9.59 Å². The zero-order valence-corrected chi connectivity index (χ0v) is 16.2. The van der Waals surface area contributed by atoms with Crippen LogP contribution in [0.5, 0.6) is 0 Å². The summed E-state index contributed by atoms with van der Waals surface area (Å²) in [4.78, 5) is 33.5. The molecule has 27 heavy (non-hydrogen) atoms. The molecule has 0 fully saturated rings. The maximum absolute atomic E-state index is 12.6. The number of nitrogens with zero attached hydrogens (tertiary/aromatic N) is 1. The molecule has 5 nitrogen and oxygen atoms in total. The van der Waals surface area contributed by atoms with Crippen LogP contribution >= 0.6 is 22.9 Å². The van der Waals surface area contributed by atoms with E-state index in [0.29, 0.717) is 21.8 Å². The Bertz CT molecular complexity index is 1110. The number of H-pyrrole nitrogens is 1. The molecule has 0 bridgehead atoms. The smallest absolute Gasteiger partial charge is 0.337 e. The van der Waals surface area contributed by atoms with Gasteiger partial charge in [-0.25, -0.2) is 9.78 Å². The van der Waals surface area contributed by atoms with Gasteiger partial charge in [-0.15, -0.1) is 11.3 Å². The van der Waals surface area contributed by atoms with Gasteiger partial charge in [-0.05, 0) is 55.0 Å². The van der Waals surface area contributed by atoms with Crippen molar-refractivity contribution in [1.29, 1.82) is 0 Å². The lowest BCUT2D eigenvalue weighted by atomic mass is 9.97. The van der Waals surface area contributed by atoms with E-state index in [1.54, 1.807) is 41.7 Å². The lowest BCUT2D eigenvalue weighted by Gasteiger charge is -2.09. The molecule has 0 aliphatic heterocycles. The Labute approximate surface area is 164 Å². The Hall–Kier alpha value is -2.44. The molecule has 2 heterocycles. The van der Waals surface area contributed by atoms with Crippen molar-refractivity contribution in [2.45, 2.75) is 25.7 Å². The molecule has 138 valence electrons. The van der Waals surface area contributed by atoms with Crippen molar-refractivity contribution in [2.75, 3.05) is 7.11 Å². The van der Waals surface area contributed by atoms with Gasteiger partial charge in [-0.3, -0.25) is 4.79 Å². The van der Waals surface area contributed by atoms with E-state index in [1.165, 1.54) is 12.0 Å². The van der Waals surface area contributed by atoms with Gasteiger partial charge >= 0.3 is 5.97 Å². The minimum absolute atomic E-state index is 0.137. The van der Waals surface area contributed by atoms with E-state index in [4.69, 9.17) is 11.6 Å². The molecule has 0 amide bonds. The number of methoxy groups -OCH3 is 1. The molecular formula is C20H17ClN2O3S. The number of hydrogen-bond donors (Lipinski definition) is 1. The van der Waals surface area contributed by atoms with Gasteiger partial charge < -0.3 is 9.72 Å². The van der Waals surface area contributed by atoms with Gasteiger partial charge in [0.15, 0.2) is 5.82 Å². The van der Waals surface area contributed by atoms with Crippen LogP contribution in [0.1, 0.15) is 45.0 Å². The summed E-state index contributed by atoms with van der Waals surface area (Å²) in [5, 5.41) is 1.05. The molecule has 0 saturated carbocycles. The summed E-state index contributed by atoms with van der Waals surface area (Å²) in [7, 11) is 1.34. The predicted octanol–water partition coefficient (Wildman–Crippen LogP) is 4.39. The number of thiophene rings is 1. The summed E-state index contributed by atoms with van der Waals surface area (Å²) in [5.74, 6) is -0.0421. The fourth-order valence-corrected chi connectivity index (χ4v) is 4.80. The second-order valence-corrected chi connectivity index (χ2v) is 7.90. The van der Waals surface area contributed by atoms with Gasteiger partial charge in [-0.2, -0.15) is 0 Å². The summed E-state index contributed by atoms with van der Waals surface area (Å²) in [5.41, 5.74) is 2.27. The standard InChI is InChI=1S/C20H17ClN2O3S/c1-26-20(25)12-8-6-11(7-9-12)10-14(21)17-22-18(24)16-13-4-2-3-5-15(13)27-19(16)23-17/h6-10H,2-5H2,1H3,(H,22,23,24)/b14-10-. The molecule has 0 atom stereocenters. The van der Waals surface area contributed by atoms with Crippen LogP contribution in [0.3, 0.4) is 0 Å². The number of esters is 1. The van der Waals surface area contributed by atoms with Crippen LogP contribution in [0.4, 0.5) is 0 Å². The molecule has 1 aliphatic rings. The Balaban J connectivity index is 1.70. The number of nitrogens with one attached hydrogen (secondary N) is 1. The molecule has 0 unspecified atom stereocenters. The summed E-state index contributed by atoms with van der Waals surface area (Å²) in [6.07, 6.45) is 5.94. The number of aromatic amines is 1. The molecule has 1 N–H and O–H groups in total. The lowest BCUT2D eigenvalue weighted by molar-refractivity contribution is 0.0600. The monoisotopic (exact) mass is 400 g/mol. The fourth-order valence-electron chi connectivity index (χ4n) is 3.32. The first kappa shape index (κ1) is 17.9. The number of aromatic nitrogens is 2. The van der Waals surface area contributed by atoms with E-state index in [-0.39, 0.29) is 5.56 Å². The van der Waals surface area contributed by atoms with Crippen LogP contribution in [0.25, 0.3) is 21.3 Å². The molecule has 1 aromatic carbocycles. The third-order valence-electron chi connectivity index (χ3n) is 4.68. The topological polar surface area (TPSA) is 72.0 Å². The second-order valence-electron chi connectivity index (χ2n) is 6.41. The molecule has 0 saturated heterocycles. The number of ether oxygens (including phenoxy) is 1. The quantitative estimate of drug-likeness (QED) is 0.662. The zero-order valence-electron chi connectivity index (χ0n) is 14.7. The maximum Gasteiger partial charge on any atom is 0.337 e. The molecule has 1 aliphatic carbocycles. The number of aryl methyl sites for hydroxylation is 2. The molecule has 0 spiro atoms. The molecule has 7 heteroatoms. The van der Waals surface area contributed by atoms with Crippen molar-refractivity contribution < 1.29 is 9.53 Å². The fraction of sp³-hybridized carbons (Fsp3) is 0.250. The number of benzene rings is 1. The number of fused-ring (bicyclic) bond motifs is 3. The Morgan fingerprint density at radius 2 is 2.00 bits per heavy atom. The highest BCUT2D eigenvalue weighted by Crippen LogP contribution is 2.34. The van der Waals surface area contributed by atoms with Crippen LogP contribution < -0.4 is 5.56 Å². The van der Waals surface area contributed by atoms with Crippen LogP contribution in [0.15, 0.2) is 29.1 Å². The van der Waals surface area contributed by atoms with Crippen molar-refractivity contribution >= 4 is 50.2 Å². The summed E-state index contributed by atoms with van der Waals surface area (Å²) >= 11 is 8.00. The Morgan fingerprint density at radius 1 is 1.26 bits per heavy atom. The van der Waals surface area contributed by atoms with Crippen molar-refractivity contribution in [1.82, 2.24) is 9.97 Å². The van der Waals surface area contributed by atoms with E-state index >= 15 is 0 Å². The second kappa shape index (κ2) is 7.29. The first-order valence-electron chi connectivity index (χ1n) is 8.67. The van der Waals surface area contributed by atoms with E-state index in [2.05, 4.69) is 14.7 Å². The molecule has 2 aromatic heterocycles. The average molecular weight is 401 g/mol. The average Bonchev–Trinajstić information content (AvgIpc) is 3.06. The van der Waals surface area contributed by atoms with Crippen molar-refractivity contribution in [2.24, 2.45) is 0 Å². The number of rotatable bonds is 3. The third kappa shape index (κ3) is 3.42. The van der Waals surface area contributed by atoms with Crippen LogP contribution in [-0.4, -0.2) is 23.0 Å². The Kier molecular flexibility index (Phi) is 4.85. The Morgan fingerprint density at radius 3 is 2.74 bits per heavy atom. The van der Waals surface area contributed by atoms with Gasteiger partial charge in [0.05, 0.1) is 23.1 Å². The van der Waals surface area contributed by atoms with Crippen LogP contribution in [0, 0.1) is 0 Å². The highest BCUT2D eigenvalue weighted by Gasteiger charge is 2.20. The SMILES string of the molecule is COC(=O)c1ccc(/C=C(\Cl)c2nc3sc4c(c3c(=O)[nH]2)CCCC4)cc1. The number of carbonyl (C=O) groups excluding carboxylic acids is 1. The maximum atomic E-state index is 12.6. The van der Waals surface area contributed by atoms with Gasteiger partial charge in [-0.1, -0.05) is 23.7 Å². The normalized spacial score (nSPS) is 14.2. The van der Waals surface area contributed by atoms with E-state index < -0.39 is 5.97 Å². The van der Waals surface area contributed by atoms with Gasteiger partial charge in [0, 0.05) is 4.88 Å². The van der Waals surface area contributed by atoms with Crippen molar-refractivity contribution in [3.8, 4) is 0 Å². The highest BCUT2D eigenvalue weighted by atomic mass is 35.5. The number of carbonyl (C=O) groups is 1. The predicted molar refractivity (Wildman–Crippen MR) is 108 cm³/mol. The van der Waals surface area contributed by atoms with Gasteiger partial charge in [0.25, 0.3) is 5.56 Å². The van der Waals surface area contributed by atoms with Gasteiger partial charge in [0.1, 0.15) is 4.83 Å². The number of halogens is 1. The van der Waals surface area contributed by atoms with E-state index in [1.807, 2.05) is 0 Å². The van der Waals surface area contributed by atoms with Gasteiger partial charge in [0.2, 0.25) is 0 Å². The molecule has 4 rings (SSSR count). The summed E-state index contributed by atoms with van der Waals surface area (Å²) in [6, 6.07) is 6.84. The van der Waals surface area contributed by atoms with Crippen molar-refractivity contribution in [3.05, 3.63) is 62.0 Å². The molecule has 0 radical (unpaired) electrons. The zero-order chi connectivity index (χ0) is 19.0. The number of hydrogen-bond acceptors (Lipinski definition) is 5. The minimum Gasteiger partial charge on any atom is -0.465 e. The largest absolute Gasteiger partial charge is 0.465 e. The molecular weight excluding hydrogens is 384 g/mol. The first-order chi connectivity index (χ1) is 13.1. The highest BCUT2D eigenvalue weighted by molar-refractivity contribution is 7.18. The van der Waals surface area contributed by atoms with Crippen LogP contribution in [0.2, 0.25) is 0 Å². The first-order valence-corrected chi connectivity index (χ1v) is 9.87. The summed E-state index contributed by atoms with van der Waals surface area (Å²) < 4.78 is 4.69. The lowest BCUT2D eigenvalue weighted by Crippen LogP contribution is -2.12. The van der Waals surface area contributed by atoms with Crippen LogP contribution in [-0.2, 0) is 17.6 Å². The van der Waals surface area contributed by atoms with E-state index in [0.717, 1.165) is 41.6 Å². The minimum atomic E-state index is -0.394. The molecule has 3 aromatic rings. The third-order valence-corrected chi connectivity index (χ3v) is 6.15. The summed E-state index contributed by atoms with van der Waals surface area (Å²) in [6.45, 7) is 0. The van der Waals surface area contributed by atoms with Crippen molar-refractivity contribution in [3.63, 3.8) is 0 Å².